The fraction of sp³-hybridized carbons (Fsp3) is 0.375. The molecule has 0 atom stereocenters. The average molecular weight is 346 g/mol. The van der Waals surface area contributed by atoms with Crippen LogP contribution in [-0.2, 0) is 4.79 Å². The van der Waals surface area contributed by atoms with E-state index < -0.39 is 4.92 Å². The monoisotopic (exact) mass is 346 g/mol. The number of nitrogens with one attached hydrogen (secondary N) is 1. The molecule has 0 spiro atoms. The van der Waals surface area contributed by atoms with Crippen LogP contribution in [0.2, 0.25) is 0 Å². The van der Waals surface area contributed by atoms with Gasteiger partial charge in [0.25, 0.3) is 5.69 Å². The van der Waals surface area contributed by atoms with E-state index in [0.29, 0.717) is 6.04 Å². The normalized spacial score (nSPS) is 13.8. The number of hydrogen-bond donors (Lipinski definition) is 1. The van der Waals surface area contributed by atoms with Gasteiger partial charge in [0.05, 0.1) is 10.7 Å². The molecular weight excluding hydrogens is 328 g/mol. The van der Waals surface area contributed by atoms with E-state index in [0.717, 1.165) is 29.1 Å². The van der Waals surface area contributed by atoms with Gasteiger partial charge in [-0.3, -0.25) is 14.9 Å². The number of anilines is 1. The number of rotatable bonds is 6. The van der Waals surface area contributed by atoms with Gasteiger partial charge in [0.2, 0.25) is 5.91 Å². The highest BCUT2D eigenvalue weighted by Gasteiger charge is 2.26. The summed E-state index contributed by atoms with van der Waals surface area (Å²) in [6.45, 7) is 3.66. The molecule has 0 bridgehead atoms. The topological polar surface area (TPSA) is 90.1 Å². The smallest absolute Gasteiger partial charge is 0.293 e. The molecule has 1 aliphatic rings. The third-order valence-electron chi connectivity index (χ3n) is 3.99. The second-order valence-corrected chi connectivity index (χ2v) is 6.84. The first-order valence-corrected chi connectivity index (χ1v) is 8.65. The maximum Gasteiger partial charge on any atom is 0.293 e. The van der Waals surface area contributed by atoms with Gasteiger partial charge in [-0.15, -0.1) is 0 Å². The summed E-state index contributed by atoms with van der Waals surface area (Å²) in [6, 6.07) is 3.62. The van der Waals surface area contributed by atoms with Gasteiger partial charge in [-0.05, 0) is 43.9 Å². The van der Waals surface area contributed by atoms with Crippen LogP contribution in [0.3, 0.4) is 0 Å². The lowest BCUT2D eigenvalue weighted by Crippen LogP contribution is -2.16. The van der Waals surface area contributed by atoms with Crippen LogP contribution in [0.4, 0.5) is 11.4 Å². The van der Waals surface area contributed by atoms with E-state index in [9.17, 15) is 14.9 Å². The number of benzene rings is 1. The third-order valence-corrected chi connectivity index (χ3v) is 4.97. The van der Waals surface area contributed by atoms with Gasteiger partial charge in [0.15, 0.2) is 5.16 Å². The number of nitrogens with zero attached hydrogens (tertiary/aromatic N) is 3. The number of thioether (sulfide) groups is 1. The molecule has 0 radical (unpaired) electrons. The molecule has 3 rings (SSSR count). The van der Waals surface area contributed by atoms with Crippen molar-refractivity contribution < 1.29 is 9.72 Å². The van der Waals surface area contributed by atoms with Crippen molar-refractivity contribution in [2.45, 2.75) is 37.9 Å². The molecule has 1 aliphatic carbocycles. The van der Waals surface area contributed by atoms with Crippen molar-refractivity contribution in [3.8, 4) is 0 Å². The molecule has 8 heteroatoms. The summed E-state index contributed by atoms with van der Waals surface area (Å²) in [4.78, 5) is 27.1. The number of imidazole rings is 1. The summed E-state index contributed by atoms with van der Waals surface area (Å²) in [7, 11) is 0. The van der Waals surface area contributed by atoms with Crippen molar-refractivity contribution in [1.82, 2.24) is 9.55 Å². The van der Waals surface area contributed by atoms with E-state index in [1.165, 1.54) is 17.8 Å². The third kappa shape index (κ3) is 3.59. The van der Waals surface area contributed by atoms with E-state index in [-0.39, 0.29) is 23.0 Å². The predicted molar refractivity (Wildman–Crippen MR) is 92.4 cm³/mol. The number of aromatic nitrogens is 2. The van der Waals surface area contributed by atoms with Gasteiger partial charge < -0.3 is 9.88 Å². The van der Waals surface area contributed by atoms with Crippen LogP contribution < -0.4 is 5.32 Å². The second-order valence-electron chi connectivity index (χ2n) is 5.90. The molecule has 1 saturated carbocycles. The van der Waals surface area contributed by atoms with Gasteiger partial charge in [-0.1, -0.05) is 11.8 Å². The Morgan fingerprint density at radius 2 is 2.12 bits per heavy atom. The predicted octanol–water partition coefficient (Wildman–Crippen LogP) is 3.47. The van der Waals surface area contributed by atoms with E-state index in [1.807, 2.05) is 20.0 Å². The molecule has 2 aromatic rings. The van der Waals surface area contributed by atoms with Crippen molar-refractivity contribution in [2.24, 2.45) is 0 Å². The van der Waals surface area contributed by atoms with Crippen LogP contribution in [0.25, 0.3) is 0 Å². The molecular formula is C16H18N4O3S. The van der Waals surface area contributed by atoms with Crippen LogP contribution in [0.5, 0.6) is 0 Å². The maximum absolute atomic E-state index is 12.2. The molecule has 0 unspecified atom stereocenters. The number of nitro groups is 1. The molecule has 1 aromatic carbocycles. The quantitative estimate of drug-likeness (QED) is 0.491. The Kier molecular flexibility index (Phi) is 4.57. The van der Waals surface area contributed by atoms with Crippen LogP contribution in [-0.4, -0.2) is 26.1 Å². The lowest BCUT2D eigenvalue weighted by molar-refractivity contribution is -0.384. The second kappa shape index (κ2) is 6.64. The lowest BCUT2D eigenvalue weighted by atomic mass is 10.1. The molecule has 1 heterocycles. The van der Waals surface area contributed by atoms with Crippen LogP contribution in [0.1, 0.15) is 30.0 Å². The minimum absolute atomic E-state index is 0.0871. The summed E-state index contributed by atoms with van der Waals surface area (Å²) < 4.78 is 2.08. The summed E-state index contributed by atoms with van der Waals surface area (Å²) in [6.07, 6.45) is 5.94. The number of nitro benzene ring substituents is 1. The Morgan fingerprint density at radius 3 is 2.79 bits per heavy atom. The zero-order valence-corrected chi connectivity index (χ0v) is 14.3. The number of hydrogen-bond acceptors (Lipinski definition) is 5. The summed E-state index contributed by atoms with van der Waals surface area (Å²) in [5.41, 5.74) is 1.86. The number of carbonyl (C=O) groups excluding carboxylic acids is 1. The molecule has 126 valence electrons. The van der Waals surface area contributed by atoms with Gasteiger partial charge in [0.1, 0.15) is 5.69 Å². The van der Waals surface area contributed by atoms with Gasteiger partial charge in [0, 0.05) is 24.5 Å². The van der Waals surface area contributed by atoms with Crippen molar-refractivity contribution in [1.29, 1.82) is 0 Å². The van der Waals surface area contributed by atoms with Crippen molar-refractivity contribution in [2.75, 3.05) is 11.1 Å². The van der Waals surface area contributed by atoms with E-state index in [4.69, 9.17) is 0 Å². The fourth-order valence-corrected chi connectivity index (χ4v) is 3.24. The Morgan fingerprint density at radius 1 is 1.42 bits per heavy atom. The van der Waals surface area contributed by atoms with Gasteiger partial charge >= 0.3 is 0 Å². The number of amides is 1. The van der Waals surface area contributed by atoms with Crippen molar-refractivity contribution in [3.05, 3.63) is 45.8 Å². The number of aryl methyl sites for hydroxylation is 2. The molecule has 0 aliphatic heterocycles. The molecule has 1 amide bonds. The highest BCUT2D eigenvalue weighted by molar-refractivity contribution is 7.99. The average Bonchev–Trinajstić information content (AvgIpc) is 3.26. The Balaban J connectivity index is 1.67. The maximum atomic E-state index is 12.2. The van der Waals surface area contributed by atoms with E-state index >= 15 is 0 Å². The molecule has 1 fully saturated rings. The van der Waals surface area contributed by atoms with Crippen molar-refractivity contribution in [3.63, 3.8) is 0 Å². The standard InChI is InChI=1S/C16H18N4O3S/c1-10-7-13(14(20(22)23)8-11(10)2)18-15(21)9-24-16-17-5-6-19(16)12-3-4-12/h5-8,12H,3-4,9H2,1-2H3,(H,18,21). The molecule has 24 heavy (non-hydrogen) atoms. The Bertz CT molecular complexity index is 799. The van der Waals surface area contributed by atoms with Crippen LogP contribution in [0, 0.1) is 24.0 Å². The van der Waals surface area contributed by atoms with Gasteiger partial charge in [-0.25, -0.2) is 4.98 Å². The Hall–Kier alpha value is -2.35. The molecule has 1 N–H and O–H groups in total. The van der Waals surface area contributed by atoms with Gasteiger partial charge in [-0.2, -0.15) is 0 Å². The minimum Gasteiger partial charge on any atom is -0.323 e. The summed E-state index contributed by atoms with van der Waals surface area (Å²) >= 11 is 1.34. The molecule has 1 aromatic heterocycles. The molecule has 7 nitrogen and oxygen atoms in total. The Labute approximate surface area is 143 Å². The van der Waals surface area contributed by atoms with E-state index in [2.05, 4.69) is 14.9 Å². The molecule has 0 saturated heterocycles. The zero-order chi connectivity index (χ0) is 17.3. The minimum atomic E-state index is -0.477. The highest BCUT2D eigenvalue weighted by Crippen LogP contribution is 2.37. The largest absolute Gasteiger partial charge is 0.323 e. The first-order chi connectivity index (χ1) is 11.5. The van der Waals surface area contributed by atoms with Crippen molar-refractivity contribution >= 4 is 29.0 Å². The zero-order valence-electron chi connectivity index (χ0n) is 13.5. The SMILES string of the molecule is Cc1cc(NC(=O)CSc2nccn2C2CC2)c([N+](=O)[O-])cc1C. The summed E-state index contributed by atoms with van der Waals surface area (Å²) in [5, 5.41) is 14.6. The fourth-order valence-electron chi connectivity index (χ4n) is 2.41. The highest BCUT2D eigenvalue weighted by atomic mass is 32.2. The van der Waals surface area contributed by atoms with Crippen LogP contribution >= 0.6 is 11.8 Å². The van der Waals surface area contributed by atoms with Crippen LogP contribution in [0.15, 0.2) is 29.7 Å². The lowest BCUT2D eigenvalue weighted by Gasteiger charge is -2.09. The first kappa shape index (κ1) is 16.5. The first-order valence-electron chi connectivity index (χ1n) is 7.67. The van der Waals surface area contributed by atoms with E-state index in [1.54, 1.807) is 12.3 Å². The number of carbonyl (C=O) groups is 1. The summed E-state index contributed by atoms with van der Waals surface area (Å²) in [5.74, 6) is -0.120.